The Morgan fingerprint density at radius 3 is 2.61 bits per heavy atom. The molecule has 3 rings (SSSR count). The number of fused-ring (bicyclic) bond motifs is 1. The van der Waals surface area contributed by atoms with Crippen molar-refractivity contribution in [3.8, 4) is 5.75 Å². The van der Waals surface area contributed by atoms with Crippen LogP contribution in [0, 0.1) is 0 Å². The van der Waals surface area contributed by atoms with Gasteiger partial charge in [0.2, 0.25) is 5.91 Å². The molecule has 0 heterocycles. The number of aromatic hydroxyl groups is 1. The second kappa shape index (κ2) is 6.31. The molecule has 1 unspecified atom stereocenters. The average molecular weight is 326 g/mol. The van der Waals surface area contributed by atoms with E-state index in [2.05, 4.69) is 5.32 Å². The van der Waals surface area contributed by atoms with Gasteiger partial charge in [-0.25, -0.2) is 0 Å². The predicted molar refractivity (Wildman–Crippen MR) is 92.7 cm³/mol. The molecule has 1 amide bonds. The minimum absolute atomic E-state index is 0.141. The summed E-state index contributed by atoms with van der Waals surface area (Å²) in [6, 6.07) is 18.1. The van der Waals surface area contributed by atoms with E-state index in [1.54, 1.807) is 18.2 Å². The van der Waals surface area contributed by atoms with Gasteiger partial charge in [0, 0.05) is 17.5 Å². The van der Waals surface area contributed by atoms with Gasteiger partial charge in [0.1, 0.15) is 5.75 Å². The van der Waals surface area contributed by atoms with Crippen LogP contribution in [0.25, 0.3) is 10.8 Å². The molecule has 116 valence electrons. The smallest absolute Gasteiger partial charge is 0.217 e. The number of halogens is 1. The number of rotatable bonds is 3. The minimum atomic E-state index is -0.475. The molecule has 0 fully saturated rings. The van der Waals surface area contributed by atoms with Crippen LogP contribution in [0.15, 0.2) is 60.7 Å². The topological polar surface area (TPSA) is 49.3 Å². The van der Waals surface area contributed by atoms with Crippen molar-refractivity contribution < 1.29 is 9.90 Å². The van der Waals surface area contributed by atoms with E-state index in [1.165, 1.54) is 6.92 Å². The number of hydrogen-bond donors (Lipinski definition) is 2. The molecule has 2 N–H and O–H groups in total. The molecular weight excluding hydrogens is 310 g/mol. The number of benzene rings is 3. The monoisotopic (exact) mass is 325 g/mol. The highest BCUT2D eigenvalue weighted by molar-refractivity contribution is 6.30. The van der Waals surface area contributed by atoms with Gasteiger partial charge in [0.25, 0.3) is 0 Å². The van der Waals surface area contributed by atoms with Crippen molar-refractivity contribution in [1.82, 2.24) is 5.32 Å². The summed E-state index contributed by atoms with van der Waals surface area (Å²) in [4.78, 5) is 11.7. The molecule has 3 aromatic carbocycles. The minimum Gasteiger partial charge on any atom is -0.508 e. The fourth-order valence-corrected chi connectivity index (χ4v) is 3.00. The Balaban J connectivity index is 2.25. The molecule has 0 aliphatic rings. The second-order valence-electron chi connectivity index (χ2n) is 5.41. The first kappa shape index (κ1) is 15.4. The molecule has 0 saturated carbocycles. The van der Waals surface area contributed by atoms with E-state index in [4.69, 9.17) is 11.6 Å². The van der Waals surface area contributed by atoms with Crippen LogP contribution in [0.4, 0.5) is 0 Å². The van der Waals surface area contributed by atoms with E-state index in [1.807, 2.05) is 42.5 Å². The molecule has 0 saturated heterocycles. The van der Waals surface area contributed by atoms with E-state index in [9.17, 15) is 9.90 Å². The van der Waals surface area contributed by atoms with Gasteiger partial charge in [-0.05, 0) is 34.5 Å². The Morgan fingerprint density at radius 1 is 1.09 bits per heavy atom. The maximum absolute atomic E-state index is 11.7. The number of nitrogens with one attached hydrogen (secondary N) is 1. The lowest BCUT2D eigenvalue weighted by molar-refractivity contribution is -0.119. The highest BCUT2D eigenvalue weighted by atomic mass is 35.5. The zero-order valence-corrected chi connectivity index (χ0v) is 13.3. The third kappa shape index (κ3) is 3.15. The van der Waals surface area contributed by atoms with Crippen LogP contribution in [0.5, 0.6) is 5.75 Å². The van der Waals surface area contributed by atoms with Crippen LogP contribution >= 0.6 is 11.6 Å². The van der Waals surface area contributed by atoms with Crippen LogP contribution in [0.2, 0.25) is 5.02 Å². The summed E-state index contributed by atoms with van der Waals surface area (Å²) in [5, 5.41) is 15.8. The van der Waals surface area contributed by atoms with Gasteiger partial charge >= 0.3 is 0 Å². The van der Waals surface area contributed by atoms with Crippen LogP contribution in [0.1, 0.15) is 24.1 Å². The van der Waals surface area contributed by atoms with Crippen molar-refractivity contribution in [2.75, 3.05) is 0 Å². The lowest BCUT2D eigenvalue weighted by Gasteiger charge is -2.22. The Morgan fingerprint density at radius 2 is 1.87 bits per heavy atom. The number of hydrogen-bond acceptors (Lipinski definition) is 2. The van der Waals surface area contributed by atoms with Crippen LogP contribution in [0.3, 0.4) is 0 Å². The predicted octanol–water partition coefficient (Wildman–Crippen LogP) is 4.42. The van der Waals surface area contributed by atoms with Crippen molar-refractivity contribution in [2.24, 2.45) is 0 Å². The number of phenols is 1. The molecule has 4 heteroatoms. The summed E-state index contributed by atoms with van der Waals surface area (Å²) in [5.41, 5.74) is 1.49. The molecular formula is C19H16ClNO2. The van der Waals surface area contributed by atoms with E-state index < -0.39 is 6.04 Å². The summed E-state index contributed by atoms with van der Waals surface area (Å²) in [6.45, 7) is 1.46. The van der Waals surface area contributed by atoms with Gasteiger partial charge in [-0.1, -0.05) is 54.1 Å². The summed E-state index contributed by atoms with van der Waals surface area (Å²) < 4.78 is 0. The van der Waals surface area contributed by atoms with Crippen molar-refractivity contribution in [3.05, 3.63) is 76.8 Å². The number of phenolic OH excluding ortho intramolecular Hbond substituents is 1. The highest BCUT2D eigenvalue weighted by Crippen LogP contribution is 2.36. The molecule has 0 aliphatic carbocycles. The second-order valence-corrected chi connectivity index (χ2v) is 5.84. The third-order valence-electron chi connectivity index (χ3n) is 3.77. The van der Waals surface area contributed by atoms with Crippen molar-refractivity contribution in [3.63, 3.8) is 0 Å². The molecule has 0 bridgehead atoms. The molecule has 0 radical (unpaired) electrons. The third-order valence-corrected chi connectivity index (χ3v) is 4.00. The molecule has 0 aliphatic heterocycles. The molecule has 23 heavy (non-hydrogen) atoms. The number of amides is 1. The van der Waals surface area contributed by atoms with Crippen molar-refractivity contribution in [2.45, 2.75) is 13.0 Å². The Labute approximate surface area is 139 Å². The zero-order valence-electron chi connectivity index (χ0n) is 12.6. The standard InChI is InChI=1S/C19H16ClNO2/c1-12(22)21-19(14-6-4-7-15(20)11-14)18-16-8-3-2-5-13(16)9-10-17(18)23/h2-11,19,23H,1H3,(H,21,22). The molecule has 3 nitrogen and oxygen atoms in total. The average Bonchev–Trinajstić information content (AvgIpc) is 2.53. The van der Waals surface area contributed by atoms with E-state index in [0.29, 0.717) is 10.6 Å². The van der Waals surface area contributed by atoms with E-state index in [-0.39, 0.29) is 11.7 Å². The van der Waals surface area contributed by atoms with Gasteiger partial charge in [-0.3, -0.25) is 4.79 Å². The van der Waals surface area contributed by atoms with Crippen LogP contribution < -0.4 is 5.32 Å². The van der Waals surface area contributed by atoms with Crippen LogP contribution in [-0.4, -0.2) is 11.0 Å². The zero-order chi connectivity index (χ0) is 16.4. The molecule has 3 aromatic rings. The first-order chi connectivity index (χ1) is 11.1. The maximum Gasteiger partial charge on any atom is 0.217 e. The first-order valence-corrected chi connectivity index (χ1v) is 7.67. The van der Waals surface area contributed by atoms with Gasteiger partial charge in [-0.15, -0.1) is 0 Å². The largest absolute Gasteiger partial charge is 0.508 e. The molecule has 0 spiro atoms. The maximum atomic E-state index is 11.7. The molecule has 1 atom stereocenters. The first-order valence-electron chi connectivity index (χ1n) is 7.29. The van der Waals surface area contributed by atoms with Crippen molar-refractivity contribution >= 4 is 28.3 Å². The highest BCUT2D eigenvalue weighted by Gasteiger charge is 2.21. The summed E-state index contributed by atoms with van der Waals surface area (Å²) in [6.07, 6.45) is 0. The Hall–Kier alpha value is -2.52. The van der Waals surface area contributed by atoms with Gasteiger partial charge in [-0.2, -0.15) is 0 Å². The van der Waals surface area contributed by atoms with Gasteiger partial charge < -0.3 is 10.4 Å². The van der Waals surface area contributed by atoms with Crippen molar-refractivity contribution in [1.29, 1.82) is 0 Å². The Kier molecular flexibility index (Phi) is 4.22. The Bertz CT molecular complexity index is 876. The normalized spacial score (nSPS) is 12.1. The SMILES string of the molecule is CC(=O)NC(c1cccc(Cl)c1)c1c(O)ccc2ccccc12. The fraction of sp³-hybridized carbons (Fsp3) is 0.105. The van der Waals surface area contributed by atoms with Crippen LogP contribution in [-0.2, 0) is 4.79 Å². The van der Waals surface area contributed by atoms with Gasteiger partial charge in [0.05, 0.1) is 6.04 Å². The summed E-state index contributed by atoms with van der Waals surface area (Å²) in [5.74, 6) is -0.0373. The van der Waals surface area contributed by atoms with E-state index in [0.717, 1.165) is 16.3 Å². The lowest BCUT2D eigenvalue weighted by atomic mass is 9.92. The number of carbonyl (C=O) groups excluding carboxylic acids is 1. The quantitative estimate of drug-likeness (QED) is 0.748. The molecule has 0 aromatic heterocycles. The van der Waals surface area contributed by atoms with Gasteiger partial charge in [0.15, 0.2) is 0 Å². The van der Waals surface area contributed by atoms with E-state index >= 15 is 0 Å². The number of carbonyl (C=O) groups is 1. The lowest BCUT2D eigenvalue weighted by Crippen LogP contribution is -2.27. The summed E-state index contributed by atoms with van der Waals surface area (Å²) in [7, 11) is 0. The summed E-state index contributed by atoms with van der Waals surface area (Å²) >= 11 is 6.10. The fourth-order valence-electron chi connectivity index (χ4n) is 2.80.